The van der Waals surface area contributed by atoms with Gasteiger partial charge in [0.25, 0.3) is 0 Å². The largest absolute Gasteiger partial charge is 0.490 e. The molecule has 0 radical (unpaired) electrons. The monoisotopic (exact) mass is 152 g/mol. The highest BCUT2D eigenvalue weighted by molar-refractivity contribution is 6.59. The molecule has 11 heavy (non-hydrogen) atoms. The summed E-state index contributed by atoms with van der Waals surface area (Å²) in [5.74, 6) is 0. The second-order valence-electron chi connectivity index (χ2n) is 2.15. The maximum absolute atomic E-state index is 8.80. The van der Waals surface area contributed by atoms with E-state index in [0.29, 0.717) is 11.0 Å². The van der Waals surface area contributed by atoms with Gasteiger partial charge in [0.1, 0.15) is 0 Å². The molecule has 1 aromatic rings. The van der Waals surface area contributed by atoms with Crippen LogP contribution in [0.4, 0.5) is 0 Å². The van der Waals surface area contributed by atoms with Crippen LogP contribution in [0.15, 0.2) is 18.5 Å². The lowest BCUT2D eigenvalue weighted by molar-refractivity contribution is 0.425. The van der Waals surface area contributed by atoms with Crippen molar-refractivity contribution in [2.75, 3.05) is 0 Å². The molecule has 58 valence electrons. The van der Waals surface area contributed by atoms with E-state index < -0.39 is 7.12 Å². The standard InChI is InChI=1S/C6H9BN2O2/c8-3-5-1-2-9-4-6(5)7(10)11/h1-2,4,10-11H,3,8H2. The van der Waals surface area contributed by atoms with Crippen molar-refractivity contribution in [1.29, 1.82) is 0 Å². The molecule has 0 aliphatic rings. The summed E-state index contributed by atoms with van der Waals surface area (Å²) in [4.78, 5) is 3.74. The molecule has 0 atom stereocenters. The molecule has 0 spiro atoms. The molecule has 0 saturated carbocycles. The molecule has 0 fully saturated rings. The van der Waals surface area contributed by atoms with E-state index in [9.17, 15) is 0 Å². The van der Waals surface area contributed by atoms with E-state index >= 15 is 0 Å². The average Bonchev–Trinajstić information content (AvgIpc) is 2.04. The second kappa shape index (κ2) is 3.48. The van der Waals surface area contributed by atoms with Crippen molar-refractivity contribution in [2.45, 2.75) is 6.54 Å². The molecule has 1 aromatic heterocycles. The fraction of sp³-hybridized carbons (Fsp3) is 0.167. The van der Waals surface area contributed by atoms with Crippen molar-refractivity contribution in [3.63, 3.8) is 0 Å². The first-order valence-electron chi connectivity index (χ1n) is 3.24. The smallest absolute Gasteiger partial charge is 0.423 e. The number of pyridine rings is 1. The van der Waals surface area contributed by atoms with Gasteiger partial charge in [-0.15, -0.1) is 0 Å². The summed E-state index contributed by atoms with van der Waals surface area (Å²) >= 11 is 0. The summed E-state index contributed by atoms with van der Waals surface area (Å²) in [5, 5.41) is 17.6. The predicted octanol–water partition coefficient (Wildman–Crippen LogP) is -1.78. The van der Waals surface area contributed by atoms with E-state index in [1.165, 1.54) is 6.20 Å². The number of hydrogen-bond acceptors (Lipinski definition) is 4. The van der Waals surface area contributed by atoms with Gasteiger partial charge in [-0.2, -0.15) is 0 Å². The third-order valence-corrected chi connectivity index (χ3v) is 1.44. The molecule has 1 heterocycles. The van der Waals surface area contributed by atoms with Gasteiger partial charge in [0.2, 0.25) is 0 Å². The van der Waals surface area contributed by atoms with Crippen LogP contribution in [0, 0.1) is 0 Å². The highest BCUT2D eigenvalue weighted by Gasteiger charge is 2.14. The Morgan fingerprint density at radius 1 is 1.55 bits per heavy atom. The zero-order valence-corrected chi connectivity index (χ0v) is 5.94. The normalized spacial score (nSPS) is 9.73. The van der Waals surface area contributed by atoms with E-state index in [1.54, 1.807) is 12.3 Å². The zero-order chi connectivity index (χ0) is 8.27. The number of hydrogen-bond donors (Lipinski definition) is 3. The molecule has 0 bridgehead atoms. The van der Waals surface area contributed by atoms with Crippen LogP contribution in [0.1, 0.15) is 5.56 Å². The van der Waals surface area contributed by atoms with Crippen LogP contribution in [-0.4, -0.2) is 22.2 Å². The molecule has 4 nitrogen and oxygen atoms in total. The van der Waals surface area contributed by atoms with Gasteiger partial charge in [0.15, 0.2) is 0 Å². The molecule has 0 saturated heterocycles. The molecule has 0 aliphatic carbocycles. The lowest BCUT2D eigenvalue weighted by atomic mass is 9.78. The van der Waals surface area contributed by atoms with Crippen molar-refractivity contribution < 1.29 is 10.0 Å². The summed E-state index contributed by atoms with van der Waals surface area (Å²) in [6.07, 6.45) is 2.96. The van der Waals surface area contributed by atoms with Gasteiger partial charge in [-0.1, -0.05) is 0 Å². The second-order valence-corrected chi connectivity index (χ2v) is 2.15. The van der Waals surface area contributed by atoms with Crippen molar-refractivity contribution in [3.05, 3.63) is 24.0 Å². The third-order valence-electron chi connectivity index (χ3n) is 1.44. The Bertz CT molecular complexity index is 242. The summed E-state index contributed by atoms with van der Waals surface area (Å²) in [6, 6.07) is 1.66. The minimum absolute atomic E-state index is 0.287. The number of nitrogens with zero attached hydrogens (tertiary/aromatic N) is 1. The first-order chi connectivity index (χ1) is 5.25. The summed E-state index contributed by atoms with van der Waals surface area (Å²) < 4.78 is 0. The summed E-state index contributed by atoms with van der Waals surface area (Å²) in [7, 11) is -1.48. The molecule has 0 amide bonds. The Kier molecular flexibility index (Phi) is 2.59. The highest BCUT2D eigenvalue weighted by atomic mass is 16.4. The van der Waals surface area contributed by atoms with Gasteiger partial charge in [0.05, 0.1) is 0 Å². The number of rotatable bonds is 2. The molecule has 4 N–H and O–H groups in total. The topological polar surface area (TPSA) is 79.4 Å². The van der Waals surface area contributed by atoms with E-state index in [-0.39, 0.29) is 6.54 Å². The first-order valence-corrected chi connectivity index (χ1v) is 3.24. The summed E-state index contributed by atoms with van der Waals surface area (Å²) in [5.41, 5.74) is 6.41. The van der Waals surface area contributed by atoms with Crippen molar-refractivity contribution in [1.82, 2.24) is 4.98 Å². The maximum atomic E-state index is 8.80. The van der Waals surface area contributed by atoms with Crippen LogP contribution in [0.25, 0.3) is 0 Å². The molecule has 0 aliphatic heterocycles. The molecular weight excluding hydrogens is 143 g/mol. The Labute approximate surface area is 64.8 Å². The number of nitrogens with two attached hydrogens (primary N) is 1. The van der Waals surface area contributed by atoms with Crippen LogP contribution in [0.2, 0.25) is 0 Å². The predicted molar refractivity (Wildman–Crippen MR) is 42.0 cm³/mol. The van der Waals surface area contributed by atoms with Gasteiger partial charge in [-0.05, 0) is 11.6 Å². The van der Waals surface area contributed by atoms with Crippen LogP contribution in [-0.2, 0) is 6.54 Å². The molecule has 0 aromatic carbocycles. The Hall–Kier alpha value is -0.905. The minimum atomic E-state index is -1.48. The Balaban J connectivity index is 3.02. The van der Waals surface area contributed by atoms with Crippen LogP contribution >= 0.6 is 0 Å². The fourth-order valence-electron chi connectivity index (χ4n) is 0.854. The van der Waals surface area contributed by atoms with Crippen LogP contribution in [0.5, 0.6) is 0 Å². The van der Waals surface area contributed by atoms with E-state index in [1.807, 2.05) is 0 Å². The Morgan fingerprint density at radius 2 is 2.27 bits per heavy atom. The molecule has 0 unspecified atom stereocenters. The fourth-order valence-corrected chi connectivity index (χ4v) is 0.854. The SMILES string of the molecule is NCc1ccncc1B(O)O. The van der Waals surface area contributed by atoms with Gasteiger partial charge < -0.3 is 15.8 Å². The molecule has 1 rings (SSSR count). The quantitative estimate of drug-likeness (QED) is 0.437. The van der Waals surface area contributed by atoms with Crippen molar-refractivity contribution >= 4 is 12.6 Å². The minimum Gasteiger partial charge on any atom is -0.423 e. The van der Waals surface area contributed by atoms with Gasteiger partial charge in [-0.25, -0.2) is 0 Å². The van der Waals surface area contributed by atoms with Gasteiger partial charge in [0, 0.05) is 24.4 Å². The lowest BCUT2D eigenvalue weighted by Crippen LogP contribution is -2.34. The highest BCUT2D eigenvalue weighted by Crippen LogP contribution is 1.91. The first kappa shape index (κ1) is 8.19. The van der Waals surface area contributed by atoms with Crippen molar-refractivity contribution in [3.8, 4) is 0 Å². The third kappa shape index (κ3) is 1.77. The Morgan fingerprint density at radius 3 is 2.73 bits per heavy atom. The summed E-state index contributed by atoms with van der Waals surface area (Å²) in [6.45, 7) is 0.287. The van der Waals surface area contributed by atoms with Gasteiger partial charge in [-0.3, -0.25) is 4.98 Å². The number of aromatic nitrogens is 1. The van der Waals surface area contributed by atoms with Crippen LogP contribution < -0.4 is 11.2 Å². The molecular formula is C6H9BN2O2. The average molecular weight is 152 g/mol. The van der Waals surface area contributed by atoms with E-state index in [0.717, 1.165) is 0 Å². The van der Waals surface area contributed by atoms with Crippen molar-refractivity contribution in [2.24, 2.45) is 5.73 Å². The maximum Gasteiger partial charge on any atom is 0.490 e. The molecule has 5 heteroatoms. The van der Waals surface area contributed by atoms with Crippen LogP contribution in [0.3, 0.4) is 0 Å². The zero-order valence-electron chi connectivity index (χ0n) is 5.94. The lowest BCUT2D eigenvalue weighted by Gasteiger charge is -2.03. The van der Waals surface area contributed by atoms with Gasteiger partial charge >= 0.3 is 7.12 Å². The van der Waals surface area contributed by atoms with E-state index in [2.05, 4.69) is 4.98 Å². The van der Waals surface area contributed by atoms with E-state index in [4.69, 9.17) is 15.8 Å².